The van der Waals surface area contributed by atoms with Crippen molar-refractivity contribution < 1.29 is 4.79 Å². The number of amides is 1. The van der Waals surface area contributed by atoms with Crippen LogP contribution in [0.15, 0.2) is 30.3 Å². The molecule has 3 rings (SSSR count). The third-order valence-electron chi connectivity index (χ3n) is 5.82. The fraction of sp³-hybridized carbons (Fsp3) is 0.667. The van der Waals surface area contributed by atoms with Crippen molar-refractivity contribution in [2.24, 2.45) is 11.8 Å². The Labute approximate surface area is 147 Å². The number of carbonyl (C=O) groups is 1. The minimum Gasteiger partial charge on any atom is -0.341 e. The summed E-state index contributed by atoms with van der Waals surface area (Å²) in [6, 6.07) is 10.3. The molecule has 0 atom stereocenters. The summed E-state index contributed by atoms with van der Waals surface area (Å²) >= 11 is 0. The molecule has 0 bridgehead atoms. The van der Waals surface area contributed by atoms with E-state index in [0.717, 1.165) is 38.4 Å². The summed E-state index contributed by atoms with van der Waals surface area (Å²) in [6.07, 6.45) is 9.17. The van der Waals surface area contributed by atoms with Crippen molar-refractivity contribution in [3.05, 3.63) is 35.9 Å². The van der Waals surface area contributed by atoms with Crippen LogP contribution in [0.5, 0.6) is 0 Å². The molecule has 24 heavy (non-hydrogen) atoms. The molecule has 0 unspecified atom stereocenters. The maximum absolute atomic E-state index is 12.7. The molecule has 1 aliphatic heterocycles. The molecule has 1 aromatic rings. The molecular formula is C21H32N2O. The van der Waals surface area contributed by atoms with Crippen LogP contribution in [-0.2, 0) is 11.3 Å². The Hall–Kier alpha value is -1.35. The van der Waals surface area contributed by atoms with Crippen molar-refractivity contribution in [2.75, 3.05) is 26.7 Å². The van der Waals surface area contributed by atoms with Crippen LogP contribution in [0.1, 0.15) is 50.5 Å². The van der Waals surface area contributed by atoms with Gasteiger partial charge >= 0.3 is 0 Å². The van der Waals surface area contributed by atoms with Crippen LogP contribution in [0.3, 0.4) is 0 Å². The second-order valence-electron chi connectivity index (χ2n) is 7.76. The number of hydrogen-bond acceptors (Lipinski definition) is 2. The Balaban J connectivity index is 1.42. The lowest BCUT2D eigenvalue weighted by molar-refractivity contribution is -0.136. The predicted octanol–water partition coefficient (Wildman–Crippen LogP) is 3.94. The minimum absolute atomic E-state index is 0.223. The fourth-order valence-electron chi connectivity index (χ4n) is 4.34. The van der Waals surface area contributed by atoms with Crippen LogP contribution in [0.2, 0.25) is 0 Å². The van der Waals surface area contributed by atoms with E-state index < -0.39 is 0 Å². The lowest BCUT2D eigenvalue weighted by Gasteiger charge is -2.36. The maximum Gasteiger partial charge on any atom is 0.225 e. The molecule has 3 heteroatoms. The summed E-state index contributed by atoms with van der Waals surface area (Å²) in [6.45, 7) is 4.20. The number of nitrogens with zero attached hydrogens (tertiary/aromatic N) is 2. The van der Waals surface area contributed by atoms with Gasteiger partial charge in [0.25, 0.3) is 0 Å². The van der Waals surface area contributed by atoms with E-state index in [2.05, 4.69) is 17.0 Å². The largest absolute Gasteiger partial charge is 0.341 e. The highest BCUT2D eigenvalue weighted by atomic mass is 16.2. The van der Waals surface area contributed by atoms with Gasteiger partial charge in [0, 0.05) is 26.1 Å². The SMILES string of the molecule is CN(Cc1ccccc1)C(=O)C1CCN(CC2CCCCC2)CC1. The molecule has 0 aromatic heterocycles. The van der Waals surface area contributed by atoms with Gasteiger partial charge in [0.05, 0.1) is 0 Å². The molecule has 1 saturated carbocycles. The van der Waals surface area contributed by atoms with Gasteiger partial charge in [-0.05, 0) is 50.3 Å². The summed E-state index contributed by atoms with van der Waals surface area (Å²) in [5.41, 5.74) is 1.21. The summed E-state index contributed by atoms with van der Waals surface area (Å²) in [4.78, 5) is 17.2. The highest BCUT2D eigenvalue weighted by Crippen LogP contribution is 2.27. The second-order valence-corrected chi connectivity index (χ2v) is 7.76. The summed E-state index contributed by atoms with van der Waals surface area (Å²) in [5, 5.41) is 0. The van der Waals surface area contributed by atoms with E-state index in [1.165, 1.54) is 44.2 Å². The van der Waals surface area contributed by atoms with Crippen LogP contribution >= 0.6 is 0 Å². The number of carbonyl (C=O) groups excluding carboxylic acids is 1. The quantitative estimate of drug-likeness (QED) is 0.817. The lowest BCUT2D eigenvalue weighted by Crippen LogP contribution is -2.42. The van der Waals surface area contributed by atoms with Crippen molar-refractivity contribution in [1.82, 2.24) is 9.80 Å². The molecule has 2 aliphatic rings. The number of likely N-dealkylation sites (tertiary alicyclic amines) is 1. The number of hydrogen-bond donors (Lipinski definition) is 0. The molecule has 0 radical (unpaired) electrons. The van der Waals surface area contributed by atoms with Gasteiger partial charge in [-0.3, -0.25) is 4.79 Å². The monoisotopic (exact) mass is 328 g/mol. The van der Waals surface area contributed by atoms with Gasteiger partial charge in [0.1, 0.15) is 0 Å². The van der Waals surface area contributed by atoms with Crippen molar-refractivity contribution in [1.29, 1.82) is 0 Å². The number of benzene rings is 1. The topological polar surface area (TPSA) is 23.6 Å². The number of piperidine rings is 1. The fourth-order valence-corrected chi connectivity index (χ4v) is 4.34. The third kappa shape index (κ3) is 4.83. The van der Waals surface area contributed by atoms with Gasteiger partial charge in [0.2, 0.25) is 5.91 Å². The van der Waals surface area contributed by atoms with E-state index in [9.17, 15) is 4.79 Å². The average molecular weight is 329 g/mol. The summed E-state index contributed by atoms with van der Waals surface area (Å²) in [7, 11) is 1.95. The lowest BCUT2D eigenvalue weighted by atomic mass is 9.87. The van der Waals surface area contributed by atoms with Gasteiger partial charge in [-0.25, -0.2) is 0 Å². The molecule has 132 valence electrons. The summed E-state index contributed by atoms with van der Waals surface area (Å²) in [5.74, 6) is 1.46. The van der Waals surface area contributed by atoms with Gasteiger partial charge in [-0.1, -0.05) is 49.6 Å². The van der Waals surface area contributed by atoms with Crippen molar-refractivity contribution in [3.63, 3.8) is 0 Å². The van der Waals surface area contributed by atoms with Gasteiger partial charge in [0.15, 0.2) is 0 Å². The summed E-state index contributed by atoms with van der Waals surface area (Å²) < 4.78 is 0. The Morgan fingerprint density at radius 3 is 2.38 bits per heavy atom. The molecule has 1 aromatic carbocycles. The number of rotatable bonds is 5. The normalized spacial score (nSPS) is 20.9. The molecule has 2 fully saturated rings. The predicted molar refractivity (Wildman–Crippen MR) is 98.7 cm³/mol. The van der Waals surface area contributed by atoms with Crippen LogP contribution in [0.25, 0.3) is 0 Å². The Bertz CT molecular complexity index is 502. The zero-order chi connectivity index (χ0) is 16.8. The van der Waals surface area contributed by atoms with Gasteiger partial charge in [-0.15, -0.1) is 0 Å². The second kappa shape index (κ2) is 8.66. The standard InChI is InChI=1S/C21H32N2O/c1-22(16-18-8-4-2-5-9-18)21(24)20-12-14-23(15-13-20)17-19-10-6-3-7-11-19/h2,4-5,8-9,19-20H,3,6-7,10-17H2,1H3. The van der Waals surface area contributed by atoms with E-state index in [-0.39, 0.29) is 5.92 Å². The van der Waals surface area contributed by atoms with E-state index >= 15 is 0 Å². The first kappa shape index (κ1) is 17.5. The zero-order valence-electron chi connectivity index (χ0n) is 15.1. The molecule has 1 saturated heterocycles. The molecule has 3 nitrogen and oxygen atoms in total. The van der Waals surface area contributed by atoms with Crippen LogP contribution in [-0.4, -0.2) is 42.4 Å². The van der Waals surface area contributed by atoms with Crippen LogP contribution in [0.4, 0.5) is 0 Å². The van der Waals surface area contributed by atoms with Gasteiger partial charge in [-0.2, -0.15) is 0 Å². The van der Waals surface area contributed by atoms with E-state index in [0.29, 0.717) is 5.91 Å². The first-order valence-electron chi connectivity index (χ1n) is 9.73. The van der Waals surface area contributed by atoms with E-state index in [1.807, 2.05) is 30.1 Å². The Morgan fingerprint density at radius 1 is 1.04 bits per heavy atom. The molecule has 1 heterocycles. The first-order valence-corrected chi connectivity index (χ1v) is 9.73. The Kier molecular flexibility index (Phi) is 6.30. The van der Waals surface area contributed by atoms with E-state index in [1.54, 1.807) is 0 Å². The highest BCUT2D eigenvalue weighted by Gasteiger charge is 2.28. The molecular weight excluding hydrogens is 296 g/mol. The minimum atomic E-state index is 0.223. The van der Waals surface area contributed by atoms with Crippen molar-refractivity contribution in [3.8, 4) is 0 Å². The molecule has 0 N–H and O–H groups in total. The maximum atomic E-state index is 12.7. The Morgan fingerprint density at radius 2 is 1.71 bits per heavy atom. The van der Waals surface area contributed by atoms with Crippen LogP contribution in [0, 0.1) is 11.8 Å². The van der Waals surface area contributed by atoms with E-state index in [4.69, 9.17) is 0 Å². The first-order chi connectivity index (χ1) is 11.7. The zero-order valence-corrected chi connectivity index (χ0v) is 15.1. The van der Waals surface area contributed by atoms with Crippen molar-refractivity contribution in [2.45, 2.75) is 51.5 Å². The van der Waals surface area contributed by atoms with Gasteiger partial charge < -0.3 is 9.80 Å². The molecule has 1 aliphatic carbocycles. The smallest absolute Gasteiger partial charge is 0.225 e. The third-order valence-corrected chi connectivity index (χ3v) is 5.82. The van der Waals surface area contributed by atoms with Crippen molar-refractivity contribution >= 4 is 5.91 Å². The van der Waals surface area contributed by atoms with Crippen LogP contribution < -0.4 is 0 Å². The average Bonchev–Trinajstić information content (AvgIpc) is 2.63. The molecule has 1 amide bonds. The molecule has 0 spiro atoms. The highest BCUT2D eigenvalue weighted by molar-refractivity contribution is 5.78.